The molecule has 3 rings (SSSR count). The number of hydrogen-bond donors (Lipinski definition) is 0. The van der Waals surface area contributed by atoms with Crippen LogP contribution in [-0.4, -0.2) is 42.4 Å². The summed E-state index contributed by atoms with van der Waals surface area (Å²) in [5.41, 5.74) is 1.92. The fourth-order valence-corrected chi connectivity index (χ4v) is 3.93. The smallest absolute Gasteiger partial charge is 0.293 e. The largest absolute Gasteiger partial charge is 0.492 e. The maximum atomic E-state index is 12.8. The van der Waals surface area contributed by atoms with E-state index in [0.29, 0.717) is 35.4 Å². The van der Waals surface area contributed by atoms with E-state index in [1.54, 1.807) is 6.08 Å². The van der Waals surface area contributed by atoms with Gasteiger partial charge in [0.2, 0.25) is 0 Å². The minimum Gasteiger partial charge on any atom is -0.492 e. The molecule has 170 valence electrons. The number of ether oxygens (including phenoxy) is 3. The maximum absolute atomic E-state index is 12.8. The Labute approximate surface area is 193 Å². The van der Waals surface area contributed by atoms with E-state index in [1.165, 1.54) is 4.90 Å². The zero-order valence-electron chi connectivity index (χ0n) is 18.8. The van der Waals surface area contributed by atoms with Crippen LogP contribution in [0.4, 0.5) is 4.79 Å². The van der Waals surface area contributed by atoms with Crippen LogP contribution in [0.1, 0.15) is 37.8 Å². The lowest BCUT2D eigenvalue weighted by Gasteiger charge is -2.13. The van der Waals surface area contributed by atoms with Crippen molar-refractivity contribution < 1.29 is 23.8 Å². The molecule has 2 aromatic rings. The molecule has 0 N–H and O–H groups in total. The number of rotatable bonds is 11. The average molecular weight is 456 g/mol. The molecule has 7 heteroatoms. The van der Waals surface area contributed by atoms with E-state index in [9.17, 15) is 9.59 Å². The maximum Gasteiger partial charge on any atom is 0.293 e. The summed E-state index contributed by atoms with van der Waals surface area (Å²) in [6, 6.07) is 13.2. The van der Waals surface area contributed by atoms with Crippen molar-refractivity contribution in [3.8, 4) is 17.2 Å². The first-order chi connectivity index (χ1) is 15.5. The van der Waals surface area contributed by atoms with E-state index in [0.717, 1.165) is 35.7 Å². The van der Waals surface area contributed by atoms with Gasteiger partial charge < -0.3 is 14.2 Å². The van der Waals surface area contributed by atoms with Gasteiger partial charge in [-0.3, -0.25) is 14.5 Å². The van der Waals surface area contributed by atoms with E-state index in [1.807, 2.05) is 56.3 Å². The van der Waals surface area contributed by atoms with Crippen molar-refractivity contribution in [2.24, 2.45) is 0 Å². The van der Waals surface area contributed by atoms with Gasteiger partial charge in [0.05, 0.1) is 24.7 Å². The topological polar surface area (TPSA) is 65.1 Å². The number of carbonyl (C=O) groups is 2. The molecule has 6 nitrogen and oxygen atoms in total. The third kappa shape index (κ3) is 6.29. The fourth-order valence-electron chi connectivity index (χ4n) is 3.06. The van der Waals surface area contributed by atoms with Gasteiger partial charge in [-0.25, -0.2) is 0 Å². The van der Waals surface area contributed by atoms with Crippen LogP contribution in [0.2, 0.25) is 0 Å². The number of nitrogens with zero attached hydrogens (tertiary/aromatic N) is 1. The third-order valence-corrected chi connectivity index (χ3v) is 5.71. The Morgan fingerprint density at radius 3 is 2.44 bits per heavy atom. The van der Waals surface area contributed by atoms with Crippen molar-refractivity contribution in [3.05, 3.63) is 58.5 Å². The highest BCUT2D eigenvalue weighted by molar-refractivity contribution is 8.18. The van der Waals surface area contributed by atoms with Gasteiger partial charge in [-0.2, -0.15) is 0 Å². The number of benzene rings is 2. The molecule has 0 bridgehead atoms. The SMILES string of the molecule is CCCCOc1ccc(/C=C2\SC(=O)N(CCOc3ccc(C)cc3)C2=O)cc1OCC. The molecule has 0 spiro atoms. The summed E-state index contributed by atoms with van der Waals surface area (Å²) in [4.78, 5) is 26.7. The predicted octanol–water partition coefficient (Wildman–Crippen LogP) is 5.69. The molecule has 2 amide bonds. The highest BCUT2D eigenvalue weighted by atomic mass is 32.2. The first-order valence-electron chi connectivity index (χ1n) is 10.9. The number of unbranched alkanes of at least 4 members (excludes halogenated alkanes) is 1. The highest BCUT2D eigenvalue weighted by Crippen LogP contribution is 2.34. The Morgan fingerprint density at radius 2 is 1.72 bits per heavy atom. The summed E-state index contributed by atoms with van der Waals surface area (Å²) >= 11 is 0.936. The second-order valence-electron chi connectivity index (χ2n) is 7.34. The van der Waals surface area contributed by atoms with Gasteiger partial charge in [-0.05, 0) is 67.9 Å². The number of carbonyl (C=O) groups excluding carboxylic acids is 2. The molecule has 0 aliphatic carbocycles. The van der Waals surface area contributed by atoms with Gasteiger partial charge in [0, 0.05) is 0 Å². The van der Waals surface area contributed by atoms with Crippen molar-refractivity contribution in [1.82, 2.24) is 4.90 Å². The summed E-state index contributed by atoms with van der Waals surface area (Å²) in [6.07, 6.45) is 3.73. The minimum absolute atomic E-state index is 0.199. The van der Waals surface area contributed by atoms with Crippen LogP contribution in [0.5, 0.6) is 17.2 Å². The van der Waals surface area contributed by atoms with Crippen LogP contribution in [0.15, 0.2) is 47.4 Å². The number of hydrogen-bond acceptors (Lipinski definition) is 6. The Balaban J connectivity index is 1.65. The van der Waals surface area contributed by atoms with Crippen LogP contribution in [0.25, 0.3) is 6.08 Å². The standard InChI is InChI=1S/C25H29NO5S/c1-4-6-14-31-21-12-9-19(16-22(21)29-5-2)17-23-24(27)26(25(28)32-23)13-15-30-20-10-7-18(3)8-11-20/h7-12,16-17H,4-6,13-15H2,1-3H3/b23-17-. The predicted molar refractivity (Wildman–Crippen MR) is 127 cm³/mol. The highest BCUT2D eigenvalue weighted by Gasteiger charge is 2.34. The number of thioether (sulfide) groups is 1. The third-order valence-electron chi connectivity index (χ3n) is 4.80. The molecule has 1 saturated heterocycles. The summed E-state index contributed by atoms with van der Waals surface area (Å²) in [5.74, 6) is 1.71. The molecule has 1 heterocycles. The van der Waals surface area contributed by atoms with Gasteiger partial charge in [0.15, 0.2) is 11.5 Å². The van der Waals surface area contributed by atoms with Crippen LogP contribution in [0.3, 0.4) is 0 Å². The van der Waals surface area contributed by atoms with Gasteiger partial charge in [-0.1, -0.05) is 37.1 Å². The molecule has 0 radical (unpaired) electrons. The number of imide groups is 1. The first kappa shape index (κ1) is 23.7. The van der Waals surface area contributed by atoms with Gasteiger partial charge >= 0.3 is 0 Å². The second-order valence-corrected chi connectivity index (χ2v) is 8.33. The molecule has 0 aromatic heterocycles. The van der Waals surface area contributed by atoms with Crippen molar-refractivity contribution in [2.45, 2.75) is 33.6 Å². The van der Waals surface area contributed by atoms with Crippen molar-refractivity contribution in [1.29, 1.82) is 0 Å². The van der Waals surface area contributed by atoms with E-state index < -0.39 is 0 Å². The van der Waals surface area contributed by atoms with E-state index in [-0.39, 0.29) is 24.3 Å². The number of amides is 2. The molecule has 1 aliphatic heterocycles. The van der Waals surface area contributed by atoms with Gasteiger partial charge in [0.25, 0.3) is 11.1 Å². The summed E-state index contributed by atoms with van der Waals surface area (Å²) in [6.45, 7) is 7.59. The number of aryl methyl sites for hydroxylation is 1. The average Bonchev–Trinajstić information content (AvgIpc) is 3.04. The lowest BCUT2D eigenvalue weighted by atomic mass is 10.2. The molecule has 0 atom stereocenters. The Morgan fingerprint density at radius 1 is 0.938 bits per heavy atom. The van der Waals surface area contributed by atoms with Crippen molar-refractivity contribution in [3.63, 3.8) is 0 Å². The van der Waals surface area contributed by atoms with Crippen LogP contribution < -0.4 is 14.2 Å². The van der Waals surface area contributed by atoms with E-state index >= 15 is 0 Å². The minimum atomic E-state index is -0.311. The second kappa shape index (κ2) is 11.6. The van der Waals surface area contributed by atoms with E-state index in [4.69, 9.17) is 14.2 Å². The summed E-state index contributed by atoms with van der Waals surface area (Å²) in [7, 11) is 0. The Hall–Kier alpha value is -2.93. The van der Waals surface area contributed by atoms with Crippen LogP contribution >= 0.6 is 11.8 Å². The molecule has 2 aromatic carbocycles. The quantitative estimate of drug-likeness (QED) is 0.320. The monoisotopic (exact) mass is 455 g/mol. The Kier molecular flexibility index (Phi) is 8.62. The molecule has 32 heavy (non-hydrogen) atoms. The summed E-state index contributed by atoms with van der Waals surface area (Å²) in [5, 5.41) is -0.293. The Bertz CT molecular complexity index is 971. The van der Waals surface area contributed by atoms with Gasteiger partial charge in [0.1, 0.15) is 12.4 Å². The molecule has 0 unspecified atom stereocenters. The molecular formula is C25H29NO5S. The first-order valence-corrected chi connectivity index (χ1v) is 11.7. The van der Waals surface area contributed by atoms with Crippen LogP contribution in [-0.2, 0) is 4.79 Å². The molecule has 0 saturated carbocycles. The summed E-state index contributed by atoms with van der Waals surface area (Å²) < 4.78 is 17.2. The zero-order chi connectivity index (χ0) is 22.9. The zero-order valence-corrected chi connectivity index (χ0v) is 19.6. The van der Waals surface area contributed by atoms with Crippen molar-refractivity contribution in [2.75, 3.05) is 26.4 Å². The van der Waals surface area contributed by atoms with Crippen LogP contribution in [0, 0.1) is 6.92 Å². The lowest BCUT2D eigenvalue weighted by Crippen LogP contribution is -2.32. The molecular weight excluding hydrogens is 426 g/mol. The van der Waals surface area contributed by atoms with Gasteiger partial charge in [-0.15, -0.1) is 0 Å². The lowest BCUT2D eigenvalue weighted by molar-refractivity contribution is -0.123. The van der Waals surface area contributed by atoms with E-state index in [2.05, 4.69) is 6.92 Å². The molecule has 1 aliphatic rings. The fraction of sp³-hybridized carbons (Fsp3) is 0.360. The van der Waals surface area contributed by atoms with Crippen molar-refractivity contribution >= 4 is 29.0 Å². The molecule has 1 fully saturated rings. The normalized spacial score (nSPS) is 14.8.